The van der Waals surface area contributed by atoms with Crippen molar-refractivity contribution < 1.29 is 13.2 Å². The van der Waals surface area contributed by atoms with Crippen LogP contribution in [0.1, 0.15) is 31.6 Å². The minimum Gasteiger partial charge on any atom is -0.381 e. The molecule has 3 rings (SSSR count). The summed E-state index contributed by atoms with van der Waals surface area (Å²) in [5.41, 5.74) is 1.98. The van der Waals surface area contributed by atoms with Crippen molar-refractivity contribution in [1.29, 1.82) is 0 Å². The zero-order valence-electron chi connectivity index (χ0n) is 12.8. The Morgan fingerprint density at radius 3 is 2.82 bits per heavy atom. The number of nitrogens with one attached hydrogen (secondary N) is 1. The summed E-state index contributed by atoms with van der Waals surface area (Å²) in [5, 5.41) is 0. The van der Waals surface area contributed by atoms with Crippen LogP contribution in [0.4, 0.5) is 0 Å². The van der Waals surface area contributed by atoms with E-state index in [0.29, 0.717) is 6.04 Å². The van der Waals surface area contributed by atoms with Gasteiger partial charge in [-0.1, -0.05) is 12.1 Å². The van der Waals surface area contributed by atoms with Gasteiger partial charge in [0.25, 0.3) is 0 Å². The van der Waals surface area contributed by atoms with Crippen LogP contribution in [-0.4, -0.2) is 36.9 Å². The van der Waals surface area contributed by atoms with Crippen LogP contribution in [0.3, 0.4) is 0 Å². The van der Waals surface area contributed by atoms with Crippen LogP contribution in [-0.2, 0) is 21.3 Å². The van der Waals surface area contributed by atoms with Gasteiger partial charge in [0.2, 0.25) is 10.0 Å². The van der Waals surface area contributed by atoms with E-state index < -0.39 is 10.0 Å². The molecule has 120 valence electrons. The van der Waals surface area contributed by atoms with Crippen molar-refractivity contribution >= 4 is 21.1 Å². The van der Waals surface area contributed by atoms with Gasteiger partial charge in [0.15, 0.2) is 0 Å². The molecule has 1 aliphatic rings. The maximum absolute atomic E-state index is 12.1. The van der Waals surface area contributed by atoms with Gasteiger partial charge in [-0.2, -0.15) is 0 Å². The van der Waals surface area contributed by atoms with Crippen LogP contribution in [0.2, 0.25) is 0 Å². The molecule has 1 unspecified atom stereocenters. The van der Waals surface area contributed by atoms with Crippen molar-refractivity contribution in [2.24, 2.45) is 0 Å². The quantitative estimate of drug-likeness (QED) is 0.843. The molecule has 22 heavy (non-hydrogen) atoms. The van der Waals surface area contributed by atoms with E-state index in [-0.39, 0.29) is 18.4 Å². The molecule has 6 nitrogen and oxygen atoms in total. The normalized spacial score (nSPS) is 17.0. The monoisotopic (exact) mass is 323 g/mol. The number of sulfonamides is 1. The van der Waals surface area contributed by atoms with Gasteiger partial charge in [-0.3, -0.25) is 0 Å². The number of aromatic nitrogens is 2. The molecule has 0 aliphatic heterocycles. The van der Waals surface area contributed by atoms with Crippen LogP contribution in [0.15, 0.2) is 24.3 Å². The summed E-state index contributed by atoms with van der Waals surface area (Å²) in [5.74, 6) is 0.727. The third kappa shape index (κ3) is 3.31. The summed E-state index contributed by atoms with van der Waals surface area (Å²) in [6.07, 6.45) is 1.92. The average Bonchev–Trinajstić information content (AvgIpc) is 3.25. The van der Waals surface area contributed by atoms with E-state index in [1.807, 2.05) is 24.3 Å². The van der Waals surface area contributed by atoms with Gasteiger partial charge in [-0.05, 0) is 31.9 Å². The second-order valence-electron chi connectivity index (χ2n) is 5.77. The van der Waals surface area contributed by atoms with E-state index in [2.05, 4.69) is 14.3 Å². The average molecular weight is 323 g/mol. The van der Waals surface area contributed by atoms with Crippen LogP contribution in [0.25, 0.3) is 11.0 Å². The van der Waals surface area contributed by atoms with E-state index in [1.165, 1.54) is 7.11 Å². The zero-order valence-corrected chi connectivity index (χ0v) is 13.6. The Balaban J connectivity index is 1.81. The zero-order chi connectivity index (χ0) is 15.7. The Kier molecular flexibility index (Phi) is 4.20. The van der Waals surface area contributed by atoms with E-state index in [1.54, 1.807) is 6.92 Å². The van der Waals surface area contributed by atoms with Gasteiger partial charge >= 0.3 is 0 Å². The van der Waals surface area contributed by atoms with Crippen molar-refractivity contribution in [3.63, 3.8) is 0 Å². The van der Waals surface area contributed by atoms with Crippen molar-refractivity contribution in [1.82, 2.24) is 14.3 Å². The predicted octanol–water partition coefficient (Wildman–Crippen LogP) is 1.83. The first-order valence-corrected chi connectivity index (χ1v) is 9.11. The van der Waals surface area contributed by atoms with Crippen LogP contribution in [0, 0.1) is 0 Å². The van der Waals surface area contributed by atoms with E-state index >= 15 is 0 Å². The topological polar surface area (TPSA) is 73.2 Å². The largest absolute Gasteiger partial charge is 0.381 e. The Morgan fingerprint density at radius 2 is 2.14 bits per heavy atom. The molecule has 0 radical (unpaired) electrons. The highest BCUT2D eigenvalue weighted by Crippen LogP contribution is 2.38. The molecule has 1 aromatic heterocycles. The van der Waals surface area contributed by atoms with Gasteiger partial charge in [0.05, 0.1) is 29.4 Å². The summed E-state index contributed by atoms with van der Waals surface area (Å²) in [7, 11) is -1.87. The first-order chi connectivity index (χ1) is 10.5. The molecular weight excluding hydrogens is 302 g/mol. The number of para-hydroxylation sites is 2. The molecule has 2 aromatic rings. The summed E-state index contributed by atoms with van der Waals surface area (Å²) < 4.78 is 33.9. The predicted molar refractivity (Wildman–Crippen MR) is 85.1 cm³/mol. The molecule has 0 spiro atoms. The van der Waals surface area contributed by atoms with E-state index in [9.17, 15) is 8.42 Å². The van der Waals surface area contributed by atoms with Gasteiger partial charge in [0, 0.05) is 13.2 Å². The molecule has 1 aromatic carbocycles. The lowest BCUT2D eigenvalue weighted by molar-refractivity contribution is 0.136. The molecule has 7 heteroatoms. The Morgan fingerprint density at radius 1 is 1.41 bits per heavy atom. The van der Waals surface area contributed by atoms with E-state index in [4.69, 9.17) is 4.74 Å². The van der Waals surface area contributed by atoms with Crippen LogP contribution in [0.5, 0.6) is 0 Å². The standard InChI is InChI=1S/C15H21N3O3S/c1-11(21-2)10-22(19,20)16-9-15-17-13-5-3-4-6-14(13)18(15)12-7-8-12/h3-6,11-12,16H,7-10H2,1-2H3. The lowest BCUT2D eigenvalue weighted by atomic mass is 10.3. The molecule has 1 aliphatic carbocycles. The third-order valence-corrected chi connectivity index (χ3v) is 5.38. The molecular formula is C15H21N3O3S. The lowest BCUT2D eigenvalue weighted by Gasteiger charge is -2.12. The SMILES string of the molecule is COC(C)CS(=O)(=O)NCc1nc2ccccc2n1C1CC1. The van der Waals surface area contributed by atoms with Gasteiger partial charge < -0.3 is 9.30 Å². The molecule has 1 heterocycles. The van der Waals surface area contributed by atoms with Crippen molar-refractivity contribution in [3.8, 4) is 0 Å². The fourth-order valence-electron chi connectivity index (χ4n) is 2.57. The Bertz CT molecular complexity index is 765. The Hall–Kier alpha value is -1.44. The van der Waals surface area contributed by atoms with Crippen molar-refractivity contribution in [2.75, 3.05) is 12.9 Å². The number of hydrogen-bond acceptors (Lipinski definition) is 4. The van der Waals surface area contributed by atoms with Crippen LogP contribution >= 0.6 is 0 Å². The first kappa shape index (κ1) is 15.5. The third-order valence-electron chi connectivity index (χ3n) is 3.89. The van der Waals surface area contributed by atoms with Crippen molar-refractivity contribution in [3.05, 3.63) is 30.1 Å². The van der Waals surface area contributed by atoms with Gasteiger partial charge in [-0.25, -0.2) is 18.1 Å². The lowest BCUT2D eigenvalue weighted by Crippen LogP contribution is -2.32. The number of methoxy groups -OCH3 is 1. The number of nitrogens with zero attached hydrogens (tertiary/aromatic N) is 2. The van der Waals surface area contributed by atoms with Gasteiger partial charge in [-0.15, -0.1) is 0 Å². The number of rotatable bonds is 7. The molecule has 0 amide bonds. The maximum Gasteiger partial charge on any atom is 0.214 e. The highest BCUT2D eigenvalue weighted by Gasteiger charge is 2.28. The number of fused-ring (bicyclic) bond motifs is 1. The first-order valence-electron chi connectivity index (χ1n) is 7.46. The van der Waals surface area contributed by atoms with Crippen LogP contribution < -0.4 is 4.72 Å². The highest BCUT2D eigenvalue weighted by atomic mass is 32.2. The maximum atomic E-state index is 12.1. The molecule has 0 saturated heterocycles. The summed E-state index contributed by atoms with van der Waals surface area (Å²) in [4.78, 5) is 4.58. The summed E-state index contributed by atoms with van der Waals surface area (Å²) in [6, 6.07) is 8.37. The minimum absolute atomic E-state index is 0.0485. The van der Waals surface area contributed by atoms with E-state index in [0.717, 1.165) is 29.7 Å². The second-order valence-corrected chi connectivity index (χ2v) is 7.62. The number of imidazole rings is 1. The second kappa shape index (κ2) is 5.98. The smallest absolute Gasteiger partial charge is 0.214 e. The number of ether oxygens (including phenoxy) is 1. The number of benzene rings is 1. The summed E-state index contributed by atoms with van der Waals surface area (Å²) in [6.45, 7) is 1.95. The summed E-state index contributed by atoms with van der Waals surface area (Å²) >= 11 is 0. The fraction of sp³-hybridized carbons (Fsp3) is 0.533. The molecule has 1 atom stereocenters. The molecule has 1 N–H and O–H groups in total. The van der Waals surface area contributed by atoms with Gasteiger partial charge in [0.1, 0.15) is 5.82 Å². The number of hydrogen-bond donors (Lipinski definition) is 1. The molecule has 0 bridgehead atoms. The molecule has 1 fully saturated rings. The highest BCUT2D eigenvalue weighted by molar-refractivity contribution is 7.89. The van der Waals surface area contributed by atoms with Crippen molar-refractivity contribution in [2.45, 2.75) is 38.5 Å². The minimum atomic E-state index is -3.38. The molecule has 1 saturated carbocycles. The fourth-order valence-corrected chi connectivity index (χ4v) is 3.79. The Labute approximate surface area is 130 Å².